The standard InChI is InChI=1S/C16H25N3O3/c1-13(20)19(12-11-18(2)3)10-9-16(21)17-14-7-5-6-8-15(14)22-4/h5-8H,9-12H2,1-4H3,(H,17,21). The van der Waals surface area contributed by atoms with Crippen LogP contribution in [0.3, 0.4) is 0 Å². The maximum absolute atomic E-state index is 12.0. The molecule has 6 heteroatoms. The summed E-state index contributed by atoms with van der Waals surface area (Å²) in [5, 5.41) is 2.81. The molecule has 0 fully saturated rings. The normalized spacial score (nSPS) is 10.4. The fourth-order valence-corrected chi connectivity index (χ4v) is 1.94. The van der Waals surface area contributed by atoms with Crippen LogP contribution in [0.15, 0.2) is 24.3 Å². The van der Waals surface area contributed by atoms with Crippen LogP contribution in [0, 0.1) is 0 Å². The molecule has 0 saturated carbocycles. The molecule has 0 aliphatic rings. The average molecular weight is 307 g/mol. The number of hydrogen-bond donors (Lipinski definition) is 1. The molecule has 1 aromatic carbocycles. The second kappa shape index (κ2) is 9.04. The largest absolute Gasteiger partial charge is 0.495 e. The van der Waals surface area contributed by atoms with Gasteiger partial charge in [-0.2, -0.15) is 0 Å². The molecule has 1 N–H and O–H groups in total. The first-order valence-electron chi connectivity index (χ1n) is 7.27. The smallest absolute Gasteiger partial charge is 0.226 e. The van der Waals surface area contributed by atoms with Crippen LogP contribution in [0.5, 0.6) is 5.75 Å². The number of hydrogen-bond acceptors (Lipinski definition) is 4. The number of nitrogens with one attached hydrogen (secondary N) is 1. The van der Waals surface area contributed by atoms with E-state index in [1.807, 2.05) is 31.1 Å². The first kappa shape index (κ1) is 18.0. The van der Waals surface area contributed by atoms with Gasteiger partial charge in [0.15, 0.2) is 0 Å². The molecular formula is C16H25N3O3. The van der Waals surface area contributed by atoms with Crippen LogP contribution in [0.4, 0.5) is 5.69 Å². The van der Waals surface area contributed by atoms with Gasteiger partial charge in [-0.15, -0.1) is 0 Å². The van der Waals surface area contributed by atoms with Gasteiger partial charge >= 0.3 is 0 Å². The topological polar surface area (TPSA) is 61.9 Å². The summed E-state index contributed by atoms with van der Waals surface area (Å²) in [6.07, 6.45) is 0.255. The van der Waals surface area contributed by atoms with Crippen LogP contribution in [-0.4, -0.2) is 62.5 Å². The lowest BCUT2D eigenvalue weighted by Gasteiger charge is -2.22. The van der Waals surface area contributed by atoms with E-state index in [-0.39, 0.29) is 18.2 Å². The molecule has 1 rings (SSSR count). The van der Waals surface area contributed by atoms with Gasteiger partial charge in [-0.25, -0.2) is 0 Å². The van der Waals surface area contributed by atoms with Crippen LogP contribution < -0.4 is 10.1 Å². The van der Waals surface area contributed by atoms with Gasteiger partial charge in [-0.3, -0.25) is 9.59 Å². The molecule has 2 amide bonds. The van der Waals surface area contributed by atoms with Crippen molar-refractivity contribution in [3.05, 3.63) is 24.3 Å². The molecule has 0 aliphatic heterocycles. The number of carbonyl (C=O) groups is 2. The summed E-state index contributed by atoms with van der Waals surface area (Å²) in [7, 11) is 5.46. The maximum atomic E-state index is 12.0. The Hall–Kier alpha value is -2.08. The van der Waals surface area contributed by atoms with Gasteiger partial charge in [-0.1, -0.05) is 12.1 Å². The second-order valence-electron chi connectivity index (χ2n) is 5.31. The van der Waals surface area contributed by atoms with Crippen molar-refractivity contribution in [3.8, 4) is 5.75 Å². The predicted octanol–water partition coefficient (Wildman–Crippen LogP) is 1.43. The van der Waals surface area contributed by atoms with Gasteiger partial charge in [0.1, 0.15) is 5.75 Å². The van der Waals surface area contributed by atoms with Gasteiger partial charge in [0, 0.05) is 33.0 Å². The quantitative estimate of drug-likeness (QED) is 0.789. The molecule has 0 heterocycles. The summed E-state index contributed by atoms with van der Waals surface area (Å²) in [6, 6.07) is 7.24. The van der Waals surface area contributed by atoms with E-state index in [9.17, 15) is 9.59 Å². The Morgan fingerprint density at radius 1 is 1.14 bits per heavy atom. The molecule has 0 bridgehead atoms. The van der Waals surface area contributed by atoms with Crippen molar-refractivity contribution in [2.75, 3.05) is 46.2 Å². The van der Waals surface area contributed by atoms with Crippen molar-refractivity contribution in [1.29, 1.82) is 0 Å². The Bertz CT molecular complexity index is 503. The van der Waals surface area contributed by atoms with E-state index in [0.29, 0.717) is 24.5 Å². The Balaban J connectivity index is 2.51. The summed E-state index contributed by atoms with van der Waals surface area (Å²) in [5.41, 5.74) is 0.637. The summed E-state index contributed by atoms with van der Waals surface area (Å²) in [6.45, 7) is 3.32. The van der Waals surface area contributed by atoms with E-state index >= 15 is 0 Å². The lowest BCUT2D eigenvalue weighted by atomic mass is 10.2. The van der Waals surface area contributed by atoms with Crippen LogP contribution in [0.25, 0.3) is 0 Å². The summed E-state index contributed by atoms with van der Waals surface area (Å²) >= 11 is 0. The van der Waals surface area contributed by atoms with Gasteiger partial charge in [0.05, 0.1) is 12.8 Å². The molecule has 0 saturated heterocycles. The van der Waals surface area contributed by atoms with E-state index in [1.165, 1.54) is 6.92 Å². The molecule has 22 heavy (non-hydrogen) atoms. The number of rotatable bonds is 8. The first-order chi connectivity index (χ1) is 10.4. The molecule has 0 atom stereocenters. The number of likely N-dealkylation sites (N-methyl/N-ethyl adjacent to an activating group) is 1. The second-order valence-corrected chi connectivity index (χ2v) is 5.31. The van der Waals surface area contributed by atoms with E-state index in [2.05, 4.69) is 5.32 Å². The highest BCUT2D eigenvalue weighted by molar-refractivity contribution is 5.92. The fourth-order valence-electron chi connectivity index (χ4n) is 1.94. The van der Waals surface area contributed by atoms with Crippen LogP contribution in [0.1, 0.15) is 13.3 Å². The van der Waals surface area contributed by atoms with Crippen molar-refractivity contribution >= 4 is 17.5 Å². The Labute approximate surface area is 132 Å². The molecule has 0 radical (unpaired) electrons. The molecule has 6 nitrogen and oxygen atoms in total. The third-order valence-electron chi connectivity index (χ3n) is 3.25. The minimum Gasteiger partial charge on any atom is -0.495 e. The van der Waals surface area contributed by atoms with Crippen molar-refractivity contribution < 1.29 is 14.3 Å². The maximum Gasteiger partial charge on any atom is 0.226 e. The monoisotopic (exact) mass is 307 g/mol. The average Bonchev–Trinajstić information content (AvgIpc) is 2.47. The Morgan fingerprint density at radius 3 is 2.41 bits per heavy atom. The number of methoxy groups -OCH3 is 1. The molecule has 1 aromatic rings. The predicted molar refractivity (Wildman–Crippen MR) is 87.0 cm³/mol. The van der Waals surface area contributed by atoms with Crippen molar-refractivity contribution in [3.63, 3.8) is 0 Å². The molecule has 0 unspecified atom stereocenters. The third-order valence-corrected chi connectivity index (χ3v) is 3.25. The van der Waals surface area contributed by atoms with E-state index in [4.69, 9.17) is 4.74 Å². The van der Waals surface area contributed by atoms with E-state index in [0.717, 1.165) is 6.54 Å². The SMILES string of the molecule is COc1ccccc1NC(=O)CCN(CCN(C)C)C(C)=O. The van der Waals surface area contributed by atoms with Crippen LogP contribution >= 0.6 is 0 Å². The fraction of sp³-hybridized carbons (Fsp3) is 0.500. The van der Waals surface area contributed by atoms with E-state index in [1.54, 1.807) is 24.1 Å². The first-order valence-corrected chi connectivity index (χ1v) is 7.27. The lowest BCUT2D eigenvalue weighted by Crippen LogP contribution is -2.37. The van der Waals surface area contributed by atoms with Gasteiger partial charge < -0.3 is 19.9 Å². The number of para-hydroxylation sites is 2. The zero-order chi connectivity index (χ0) is 16.5. The molecule has 0 aromatic heterocycles. The van der Waals surface area contributed by atoms with Gasteiger partial charge in [0.25, 0.3) is 0 Å². The van der Waals surface area contributed by atoms with Crippen molar-refractivity contribution in [2.45, 2.75) is 13.3 Å². The summed E-state index contributed by atoms with van der Waals surface area (Å²) in [4.78, 5) is 27.3. The van der Waals surface area contributed by atoms with Gasteiger partial charge in [-0.05, 0) is 26.2 Å². The zero-order valence-corrected chi connectivity index (χ0v) is 13.8. The third kappa shape index (κ3) is 6.13. The Morgan fingerprint density at radius 2 is 1.82 bits per heavy atom. The molecule has 0 aliphatic carbocycles. The van der Waals surface area contributed by atoms with Crippen molar-refractivity contribution in [2.24, 2.45) is 0 Å². The minimum absolute atomic E-state index is 0.0214. The lowest BCUT2D eigenvalue weighted by molar-refractivity contribution is -0.129. The summed E-state index contributed by atoms with van der Waals surface area (Å²) < 4.78 is 5.19. The number of nitrogens with zero attached hydrogens (tertiary/aromatic N) is 2. The van der Waals surface area contributed by atoms with Crippen LogP contribution in [-0.2, 0) is 9.59 Å². The summed E-state index contributed by atoms with van der Waals surface area (Å²) in [5.74, 6) is 0.458. The molecule has 0 spiro atoms. The Kier molecular flexibility index (Phi) is 7.39. The highest BCUT2D eigenvalue weighted by Gasteiger charge is 2.12. The highest BCUT2D eigenvalue weighted by Crippen LogP contribution is 2.22. The number of ether oxygens (including phenoxy) is 1. The van der Waals surface area contributed by atoms with E-state index < -0.39 is 0 Å². The number of amides is 2. The highest BCUT2D eigenvalue weighted by atomic mass is 16.5. The van der Waals surface area contributed by atoms with Gasteiger partial charge in [0.2, 0.25) is 11.8 Å². The zero-order valence-electron chi connectivity index (χ0n) is 13.8. The minimum atomic E-state index is -0.138. The molecular weight excluding hydrogens is 282 g/mol. The number of anilines is 1. The van der Waals surface area contributed by atoms with Crippen molar-refractivity contribution in [1.82, 2.24) is 9.80 Å². The van der Waals surface area contributed by atoms with Crippen LogP contribution in [0.2, 0.25) is 0 Å². The number of carbonyl (C=O) groups excluding carboxylic acids is 2. The number of benzene rings is 1. The molecule has 122 valence electrons.